The van der Waals surface area contributed by atoms with Crippen molar-refractivity contribution in [2.24, 2.45) is 0 Å². The van der Waals surface area contributed by atoms with Gasteiger partial charge in [0.25, 0.3) is 5.91 Å². The lowest BCUT2D eigenvalue weighted by Crippen LogP contribution is -2.27. The zero-order valence-electron chi connectivity index (χ0n) is 14.6. The van der Waals surface area contributed by atoms with Gasteiger partial charge in [0.1, 0.15) is 0 Å². The van der Waals surface area contributed by atoms with Gasteiger partial charge in [-0.3, -0.25) is 9.69 Å². The van der Waals surface area contributed by atoms with Gasteiger partial charge >= 0.3 is 5.97 Å². The molecule has 1 saturated heterocycles. The molecule has 1 N–H and O–H groups in total. The van der Waals surface area contributed by atoms with Gasteiger partial charge in [0.05, 0.1) is 16.2 Å². The summed E-state index contributed by atoms with van der Waals surface area (Å²) < 4.78 is 0.292. The topological polar surface area (TPSA) is 80.7 Å². The number of carboxylic acid groups (broad SMARTS) is 1. The molecule has 5 nitrogen and oxygen atoms in total. The van der Waals surface area contributed by atoms with E-state index in [1.165, 1.54) is 22.6 Å². The maximum Gasteiger partial charge on any atom is 0.335 e. The summed E-state index contributed by atoms with van der Waals surface area (Å²) in [7, 11) is 0. The number of anilines is 1. The second-order valence-electron chi connectivity index (χ2n) is 6.32. The molecule has 1 aliphatic heterocycles. The Hall–Kier alpha value is -2.64. The molecule has 0 saturated carbocycles. The SMILES string of the molecule is CC(C)c1ccc(/C=C2\SC(=S)N(c3ccc([O-])c(C(=O)O)c3)C2=O)cc1. The molecule has 1 amide bonds. The van der Waals surface area contributed by atoms with Crippen molar-refractivity contribution in [3.63, 3.8) is 0 Å². The van der Waals surface area contributed by atoms with Crippen molar-refractivity contribution in [2.45, 2.75) is 19.8 Å². The molecule has 0 unspecified atom stereocenters. The largest absolute Gasteiger partial charge is 0.872 e. The molecule has 2 aromatic rings. The number of thioether (sulfide) groups is 1. The monoisotopic (exact) mass is 398 g/mol. The minimum Gasteiger partial charge on any atom is -0.872 e. The first-order valence-corrected chi connectivity index (χ1v) is 9.42. The molecule has 2 aromatic carbocycles. The Morgan fingerprint density at radius 3 is 2.48 bits per heavy atom. The quantitative estimate of drug-likeness (QED) is 0.620. The third kappa shape index (κ3) is 3.89. The van der Waals surface area contributed by atoms with Crippen molar-refractivity contribution in [1.29, 1.82) is 0 Å². The molecule has 0 radical (unpaired) electrons. The summed E-state index contributed by atoms with van der Waals surface area (Å²) in [6, 6.07) is 11.6. The summed E-state index contributed by atoms with van der Waals surface area (Å²) in [4.78, 5) is 25.7. The Morgan fingerprint density at radius 2 is 1.89 bits per heavy atom. The minimum atomic E-state index is -1.34. The van der Waals surface area contributed by atoms with Gasteiger partial charge < -0.3 is 10.2 Å². The number of hydrogen-bond donors (Lipinski definition) is 1. The third-order valence-corrected chi connectivity index (χ3v) is 5.45. The van der Waals surface area contributed by atoms with Gasteiger partial charge in [-0.05, 0) is 35.3 Å². The average Bonchev–Trinajstić information content (AvgIpc) is 2.89. The van der Waals surface area contributed by atoms with E-state index in [4.69, 9.17) is 17.3 Å². The lowest BCUT2D eigenvalue weighted by Gasteiger charge is -2.18. The number of carboxylic acids is 1. The lowest BCUT2D eigenvalue weighted by molar-refractivity contribution is -0.268. The van der Waals surface area contributed by atoms with Crippen molar-refractivity contribution in [3.8, 4) is 5.75 Å². The van der Waals surface area contributed by atoms with Crippen molar-refractivity contribution >= 4 is 51.9 Å². The average molecular weight is 398 g/mol. The fourth-order valence-corrected chi connectivity index (χ4v) is 3.94. The van der Waals surface area contributed by atoms with Crippen LogP contribution in [-0.4, -0.2) is 21.3 Å². The molecule has 0 aromatic heterocycles. The standard InChI is InChI=1S/C20H17NO4S2/c1-11(2)13-5-3-12(4-6-13)9-17-18(23)21(20(26)27-17)14-7-8-16(22)15(10-14)19(24)25/h3-11,22H,1-2H3,(H,24,25)/p-1/b17-9-. The highest BCUT2D eigenvalue weighted by molar-refractivity contribution is 8.27. The molecule has 0 aliphatic carbocycles. The van der Waals surface area contributed by atoms with Crippen LogP contribution in [0.3, 0.4) is 0 Å². The smallest absolute Gasteiger partial charge is 0.335 e. The molecule has 1 fully saturated rings. The van der Waals surface area contributed by atoms with Crippen LogP contribution < -0.4 is 10.0 Å². The number of thiocarbonyl (C=S) groups is 1. The van der Waals surface area contributed by atoms with E-state index in [-0.39, 0.29) is 11.6 Å². The van der Waals surface area contributed by atoms with E-state index in [1.807, 2.05) is 24.3 Å². The third-order valence-electron chi connectivity index (χ3n) is 4.15. The Balaban J connectivity index is 1.91. The van der Waals surface area contributed by atoms with E-state index < -0.39 is 17.3 Å². The fourth-order valence-electron chi connectivity index (χ4n) is 2.64. The number of carbonyl (C=O) groups is 2. The number of aromatic carboxylic acids is 1. The molecule has 3 rings (SSSR count). The van der Waals surface area contributed by atoms with Crippen LogP contribution in [0.1, 0.15) is 41.3 Å². The molecule has 0 bridgehead atoms. The van der Waals surface area contributed by atoms with Gasteiger partial charge in [-0.25, -0.2) is 4.79 Å². The van der Waals surface area contributed by atoms with Crippen LogP contribution in [0.15, 0.2) is 47.4 Å². The van der Waals surface area contributed by atoms with Crippen LogP contribution in [0, 0.1) is 0 Å². The van der Waals surface area contributed by atoms with Crippen molar-refractivity contribution in [3.05, 3.63) is 64.1 Å². The molecule has 0 atom stereocenters. The number of amides is 1. The summed E-state index contributed by atoms with van der Waals surface area (Å²) in [6.07, 6.45) is 1.75. The van der Waals surface area contributed by atoms with E-state index in [2.05, 4.69) is 13.8 Å². The van der Waals surface area contributed by atoms with Crippen LogP contribution >= 0.6 is 24.0 Å². The summed E-state index contributed by atoms with van der Waals surface area (Å²) in [5.41, 5.74) is 1.96. The first-order valence-electron chi connectivity index (χ1n) is 8.20. The Labute approximate surface area is 166 Å². The molecule has 138 valence electrons. The Morgan fingerprint density at radius 1 is 1.22 bits per heavy atom. The zero-order chi connectivity index (χ0) is 19.7. The second-order valence-corrected chi connectivity index (χ2v) is 8.00. The summed E-state index contributed by atoms with van der Waals surface area (Å²) >= 11 is 6.44. The first-order chi connectivity index (χ1) is 12.8. The molecule has 1 aliphatic rings. The summed E-state index contributed by atoms with van der Waals surface area (Å²) in [5.74, 6) is -1.87. The van der Waals surface area contributed by atoms with Gasteiger partial charge in [-0.2, -0.15) is 0 Å². The van der Waals surface area contributed by atoms with Gasteiger partial charge in [-0.1, -0.05) is 73.9 Å². The van der Waals surface area contributed by atoms with Crippen LogP contribution in [-0.2, 0) is 4.79 Å². The highest BCUT2D eigenvalue weighted by Crippen LogP contribution is 2.37. The minimum absolute atomic E-state index is 0.271. The van der Waals surface area contributed by atoms with Gasteiger partial charge in [-0.15, -0.1) is 0 Å². The number of carbonyl (C=O) groups excluding carboxylic acids is 1. The predicted molar refractivity (Wildman–Crippen MR) is 109 cm³/mol. The fraction of sp³-hybridized carbons (Fsp3) is 0.150. The van der Waals surface area contributed by atoms with Crippen LogP contribution in [0.5, 0.6) is 5.75 Å². The maximum absolute atomic E-state index is 12.8. The number of rotatable bonds is 4. The summed E-state index contributed by atoms with van der Waals surface area (Å²) in [5, 5.41) is 20.8. The van der Waals surface area contributed by atoms with Gasteiger partial charge in [0, 0.05) is 0 Å². The Kier molecular flexibility index (Phi) is 5.34. The highest BCUT2D eigenvalue weighted by Gasteiger charge is 2.33. The summed E-state index contributed by atoms with van der Waals surface area (Å²) in [6.45, 7) is 4.22. The van der Waals surface area contributed by atoms with Crippen LogP contribution in [0.25, 0.3) is 6.08 Å². The predicted octanol–water partition coefficient (Wildman–Crippen LogP) is 3.99. The maximum atomic E-state index is 12.8. The lowest BCUT2D eigenvalue weighted by atomic mass is 10.0. The van der Waals surface area contributed by atoms with E-state index >= 15 is 0 Å². The van der Waals surface area contributed by atoms with Crippen LogP contribution in [0.2, 0.25) is 0 Å². The van der Waals surface area contributed by atoms with Crippen LogP contribution in [0.4, 0.5) is 5.69 Å². The Bertz CT molecular complexity index is 964. The number of nitrogens with zero attached hydrogens (tertiary/aromatic N) is 1. The molecule has 7 heteroatoms. The molecular weight excluding hydrogens is 382 g/mol. The molecule has 1 heterocycles. The number of hydrogen-bond acceptors (Lipinski definition) is 5. The zero-order valence-corrected chi connectivity index (χ0v) is 16.3. The van der Waals surface area contributed by atoms with Crippen molar-refractivity contribution in [2.75, 3.05) is 4.90 Å². The molecular formula is C20H16NO4S2-. The van der Waals surface area contributed by atoms with E-state index in [1.54, 1.807) is 6.08 Å². The normalized spacial score (nSPS) is 15.8. The molecule has 0 spiro atoms. The van der Waals surface area contributed by atoms with E-state index in [9.17, 15) is 14.7 Å². The number of benzene rings is 2. The van der Waals surface area contributed by atoms with Gasteiger partial charge in [0.15, 0.2) is 4.32 Å². The highest BCUT2D eigenvalue weighted by atomic mass is 32.2. The molecule has 27 heavy (non-hydrogen) atoms. The van der Waals surface area contributed by atoms with Crippen molar-refractivity contribution < 1.29 is 19.8 Å². The van der Waals surface area contributed by atoms with Gasteiger partial charge in [0.2, 0.25) is 0 Å². The van der Waals surface area contributed by atoms with E-state index in [0.717, 1.165) is 23.4 Å². The van der Waals surface area contributed by atoms with E-state index in [0.29, 0.717) is 15.1 Å². The van der Waals surface area contributed by atoms with Crippen molar-refractivity contribution in [1.82, 2.24) is 0 Å². The second kappa shape index (κ2) is 7.54. The first kappa shape index (κ1) is 19.1.